The Morgan fingerprint density at radius 1 is 1.00 bits per heavy atom. The molecule has 1 atom stereocenters. The summed E-state index contributed by atoms with van der Waals surface area (Å²) < 4.78 is 2.22. The SMILES string of the molecule is CCCC[C]1([Hf][C]2=C(C)C(C)=C(C)C2(C)C)C=Cc2ccccc21. The van der Waals surface area contributed by atoms with Gasteiger partial charge in [0.1, 0.15) is 0 Å². The van der Waals surface area contributed by atoms with Crippen LogP contribution in [0.3, 0.4) is 0 Å². The quantitative estimate of drug-likeness (QED) is 0.402. The van der Waals surface area contributed by atoms with E-state index in [0.717, 1.165) is 0 Å². The third kappa shape index (κ3) is 2.77. The summed E-state index contributed by atoms with van der Waals surface area (Å²) in [5.74, 6) is 0. The number of rotatable bonds is 5. The van der Waals surface area contributed by atoms with Crippen LogP contribution in [-0.4, -0.2) is 0 Å². The van der Waals surface area contributed by atoms with Gasteiger partial charge < -0.3 is 0 Å². The van der Waals surface area contributed by atoms with E-state index in [9.17, 15) is 0 Å². The van der Waals surface area contributed by atoms with Crippen molar-refractivity contribution in [3.05, 3.63) is 61.5 Å². The summed E-state index contributed by atoms with van der Waals surface area (Å²) in [6.07, 6.45) is 8.96. The van der Waals surface area contributed by atoms with Gasteiger partial charge in [0.15, 0.2) is 0 Å². The first kappa shape index (κ1) is 18.1. The Bertz CT molecular complexity index is 745. The summed E-state index contributed by atoms with van der Waals surface area (Å²) in [6.45, 7) is 14.3. The summed E-state index contributed by atoms with van der Waals surface area (Å²) in [5.41, 5.74) is 8.15. The monoisotopic (exact) mass is 486 g/mol. The second-order valence-electron chi connectivity index (χ2n) is 8.00. The van der Waals surface area contributed by atoms with Gasteiger partial charge in [0.25, 0.3) is 0 Å². The van der Waals surface area contributed by atoms with Gasteiger partial charge in [-0.1, -0.05) is 0 Å². The molecule has 0 fully saturated rings. The summed E-state index contributed by atoms with van der Waals surface area (Å²) in [7, 11) is 0. The molecule has 2 aliphatic carbocycles. The van der Waals surface area contributed by atoms with Crippen molar-refractivity contribution in [3.63, 3.8) is 0 Å². The predicted molar refractivity (Wildman–Crippen MR) is 102 cm³/mol. The number of benzene rings is 1. The van der Waals surface area contributed by atoms with Gasteiger partial charge in [0, 0.05) is 0 Å². The summed E-state index contributed by atoms with van der Waals surface area (Å²) >= 11 is -1.07. The van der Waals surface area contributed by atoms with Gasteiger partial charge in [-0.25, -0.2) is 0 Å². The number of hydrogen-bond acceptors (Lipinski definition) is 0. The first-order chi connectivity index (χ1) is 11.3. The molecule has 0 saturated carbocycles. The first-order valence-electron chi connectivity index (χ1n) is 9.30. The second-order valence-corrected chi connectivity index (χ2v) is 13.9. The van der Waals surface area contributed by atoms with Gasteiger partial charge in [-0.15, -0.1) is 0 Å². The van der Waals surface area contributed by atoms with E-state index in [0.29, 0.717) is 3.17 Å². The summed E-state index contributed by atoms with van der Waals surface area (Å²) in [6, 6.07) is 9.14. The number of allylic oxidation sites excluding steroid dienone is 5. The Morgan fingerprint density at radius 3 is 2.33 bits per heavy atom. The fourth-order valence-electron chi connectivity index (χ4n) is 4.28. The molecule has 24 heavy (non-hydrogen) atoms. The first-order valence-corrected chi connectivity index (χ1v) is 12.9. The summed E-state index contributed by atoms with van der Waals surface area (Å²) in [4.78, 5) is 0. The van der Waals surface area contributed by atoms with Gasteiger partial charge in [-0.05, 0) is 0 Å². The minimum atomic E-state index is -1.07. The summed E-state index contributed by atoms with van der Waals surface area (Å²) in [5, 5.41) is 0. The van der Waals surface area contributed by atoms with E-state index in [-0.39, 0.29) is 5.41 Å². The molecular formula is C23H30Hf. The van der Waals surface area contributed by atoms with Crippen molar-refractivity contribution in [2.75, 3.05) is 0 Å². The van der Waals surface area contributed by atoms with Crippen LogP contribution in [0.25, 0.3) is 6.08 Å². The number of unbranched alkanes of at least 4 members (excludes halogenated alkanes) is 1. The molecule has 3 rings (SSSR count). The zero-order chi connectivity index (χ0) is 17.5. The van der Waals surface area contributed by atoms with Crippen LogP contribution in [0.4, 0.5) is 0 Å². The maximum atomic E-state index is 2.59. The molecule has 2 aliphatic rings. The maximum absolute atomic E-state index is 2.59. The van der Waals surface area contributed by atoms with Crippen molar-refractivity contribution in [1.29, 1.82) is 0 Å². The molecule has 1 unspecified atom stereocenters. The van der Waals surface area contributed by atoms with Crippen molar-refractivity contribution in [2.45, 2.75) is 64.0 Å². The second kappa shape index (κ2) is 6.56. The van der Waals surface area contributed by atoms with E-state index >= 15 is 0 Å². The van der Waals surface area contributed by atoms with E-state index in [4.69, 9.17) is 0 Å². The molecule has 1 heteroatoms. The van der Waals surface area contributed by atoms with E-state index in [1.807, 2.05) is 3.33 Å². The molecule has 0 amide bonds. The van der Waals surface area contributed by atoms with Crippen LogP contribution in [-0.2, 0) is 26.1 Å². The molecule has 0 aliphatic heterocycles. The van der Waals surface area contributed by atoms with Crippen LogP contribution in [0.1, 0.15) is 71.9 Å². The van der Waals surface area contributed by atoms with Gasteiger partial charge in [0.05, 0.1) is 0 Å². The van der Waals surface area contributed by atoms with Crippen LogP contribution in [0.5, 0.6) is 0 Å². The van der Waals surface area contributed by atoms with Crippen LogP contribution in [0.15, 0.2) is 50.4 Å². The number of fused-ring (bicyclic) bond motifs is 1. The topological polar surface area (TPSA) is 0 Å². The molecule has 0 aromatic heterocycles. The van der Waals surface area contributed by atoms with Crippen LogP contribution in [0.2, 0.25) is 0 Å². The third-order valence-electron chi connectivity index (χ3n) is 6.32. The van der Waals surface area contributed by atoms with Crippen LogP contribution >= 0.6 is 0 Å². The fourth-order valence-corrected chi connectivity index (χ4v) is 12.0. The van der Waals surface area contributed by atoms with Crippen molar-refractivity contribution in [3.8, 4) is 0 Å². The zero-order valence-corrected chi connectivity index (χ0v) is 19.7. The predicted octanol–water partition coefficient (Wildman–Crippen LogP) is 6.83. The Kier molecular flexibility index (Phi) is 4.95. The fraction of sp³-hybridized carbons (Fsp3) is 0.478. The molecule has 0 saturated heterocycles. The van der Waals surface area contributed by atoms with Crippen molar-refractivity contribution in [2.24, 2.45) is 5.41 Å². The molecule has 0 nitrogen and oxygen atoms in total. The molecule has 0 spiro atoms. The Labute approximate surface area is 159 Å². The van der Waals surface area contributed by atoms with Crippen LogP contribution in [0, 0.1) is 5.41 Å². The molecule has 1 aromatic rings. The van der Waals surface area contributed by atoms with Crippen molar-refractivity contribution < 1.29 is 22.9 Å². The average Bonchev–Trinajstić information content (AvgIpc) is 3.00. The Balaban J connectivity index is 2.04. The van der Waals surface area contributed by atoms with Crippen molar-refractivity contribution >= 4 is 6.08 Å². The minimum absolute atomic E-state index is 0.280. The van der Waals surface area contributed by atoms with Gasteiger partial charge >= 0.3 is 160 Å². The molecule has 0 radical (unpaired) electrons. The van der Waals surface area contributed by atoms with Crippen molar-refractivity contribution in [1.82, 2.24) is 0 Å². The van der Waals surface area contributed by atoms with E-state index in [1.54, 1.807) is 22.3 Å². The molecule has 126 valence electrons. The van der Waals surface area contributed by atoms with Gasteiger partial charge in [-0.2, -0.15) is 0 Å². The zero-order valence-electron chi connectivity index (χ0n) is 16.1. The normalized spacial score (nSPS) is 24.8. The molecule has 1 aromatic carbocycles. The van der Waals surface area contributed by atoms with E-state index < -0.39 is 22.9 Å². The molecular weight excluding hydrogens is 455 g/mol. The standard InChI is InChI=1S/C13H15.C10H15.Hf/c1-2-3-6-11-9-10-12-7-4-5-8-13(11)12;1-7-6-10(4,5)9(3)8(7)2;/h4-5,7-10H,2-3,6H2,1H3;1-5H3;. The number of hydrogen-bond donors (Lipinski definition) is 0. The van der Waals surface area contributed by atoms with Crippen LogP contribution < -0.4 is 0 Å². The van der Waals surface area contributed by atoms with E-state index in [1.165, 1.54) is 24.8 Å². The molecule has 0 N–H and O–H groups in total. The van der Waals surface area contributed by atoms with Gasteiger partial charge in [-0.3, -0.25) is 0 Å². The Morgan fingerprint density at radius 2 is 1.71 bits per heavy atom. The third-order valence-corrected chi connectivity index (χ3v) is 14.9. The molecule has 0 heterocycles. The Hall–Kier alpha value is -0.690. The van der Waals surface area contributed by atoms with Gasteiger partial charge in [0.2, 0.25) is 0 Å². The molecule has 0 bridgehead atoms. The van der Waals surface area contributed by atoms with E-state index in [2.05, 4.69) is 78.0 Å². The average molecular weight is 485 g/mol.